The Morgan fingerprint density at radius 1 is 0.955 bits per heavy atom. The Morgan fingerprint density at radius 3 is 2.09 bits per heavy atom. The molecule has 0 atom stereocenters. The van der Waals surface area contributed by atoms with Crippen LogP contribution in [0.4, 0.5) is 19.0 Å². The number of benzene rings is 1. The van der Waals surface area contributed by atoms with Crippen LogP contribution < -0.4 is 26.1 Å². The third-order valence-corrected chi connectivity index (χ3v) is 5.74. The van der Waals surface area contributed by atoms with E-state index >= 15 is 0 Å². The van der Waals surface area contributed by atoms with Gasteiger partial charge in [-0.15, -0.1) is 0 Å². The zero-order valence-corrected chi connectivity index (χ0v) is 25.0. The van der Waals surface area contributed by atoms with Crippen LogP contribution in [0.1, 0.15) is 5.56 Å². The number of alkyl halides is 3. The van der Waals surface area contributed by atoms with Crippen molar-refractivity contribution in [3.05, 3.63) is 71.0 Å². The predicted molar refractivity (Wildman–Crippen MR) is 150 cm³/mol. The van der Waals surface area contributed by atoms with Crippen molar-refractivity contribution >= 4 is 48.0 Å². The highest BCUT2D eigenvalue weighted by Gasteiger charge is 2.36. The van der Waals surface area contributed by atoms with Gasteiger partial charge in [-0.05, 0) is 29.8 Å². The fraction of sp³-hybridized carbons (Fsp3) is 0.200. The monoisotopic (exact) mass is 658 g/mol. The molecule has 5 aromatic rings. The van der Waals surface area contributed by atoms with Crippen LogP contribution in [0.5, 0.6) is 5.88 Å². The molecule has 0 bridgehead atoms. The van der Waals surface area contributed by atoms with Gasteiger partial charge in [-0.25, -0.2) is 26.6 Å². The van der Waals surface area contributed by atoms with Gasteiger partial charge in [0.1, 0.15) is 11.3 Å². The maximum atomic E-state index is 13.4. The maximum Gasteiger partial charge on any atom is 0.424 e. The molecule has 0 spiro atoms. The SMILES string of the molecule is COc1ccc(-n2c(=O)n(C)c3cnc4ccc(-c5c[nH+]c(N)c(C(F)(F)F)c5)cc4c32)c[nH+]1.CS(=O)(=O)[O-].CS(=O)(=O)[O-]. The van der Waals surface area contributed by atoms with Crippen molar-refractivity contribution in [1.29, 1.82) is 0 Å². The smallest absolute Gasteiger partial charge is 0.424 e. The molecule has 5 rings (SSSR count). The highest BCUT2D eigenvalue weighted by molar-refractivity contribution is 7.85. The Labute approximate surface area is 248 Å². The summed E-state index contributed by atoms with van der Waals surface area (Å²) in [5.74, 6) is 0.0552. The number of halogens is 3. The highest BCUT2D eigenvalue weighted by atomic mass is 32.2. The number of H-pyrrole nitrogens is 2. The molecule has 44 heavy (non-hydrogen) atoms. The number of aryl methyl sites for hydroxylation is 1. The molecule has 4 aromatic heterocycles. The lowest BCUT2D eigenvalue weighted by Gasteiger charge is -2.10. The molecule has 0 aliphatic heterocycles. The average molecular weight is 659 g/mol. The summed E-state index contributed by atoms with van der Waals surface area (Å²) in [7, 11) is -4.68. The lowest BCUT2D eigenvalue weighted by Crippen LogP contribution is -2.22. The van der Waals surface area contributed by atoms with Crippen LogP contribution in [0.25, 0.3) is 38.8 Å². The summed E-state index contributed by atoms with van der Waals surface area (Å²) in [5.41, 5.74) is 7.36. The number of methoxy groups -OCH3 is 1. The number of hydrogen-bond donors (Lipinski definition) is 1. The second-order valence-corrected chi connectivity index (χ2v) is 12.0. The molecule has 0 radical (unpaired) electrons. The largest absolute Gasteiger partial charge is 0.748 e. The molecule has 0 aliphatic carbocycles. The van der Waals surface area contributed by atoms with Gasteiger partial charge in [0, 0.05) is 30.5 Å². The third-order valence-electron chi connectivity index (χ3n) is 5.74. The molecule has 1 aromatic carbocycles. The molecular weight excluding hydrogens is 633 g/mol. The molecule has 4 N–H and O–H groups in total. The van der Waals surface area contributed by atoms with Gasteiger partial charge in [0.2, 0.25) is 0 Å². The fourth-order valence-electron chi connectivity index (χ4n) is 3.99. The quantitative estimate of drug-likeness (QED) is 0.272. The van der Waals surface area contributed by atoms with Crippen LogP contribution in [0.3, 0.4) is 0 Å². The minimum atomic E-state index is -4.60. The van der Waals surface area contributed by atoms with Gasteiger partial charge >= 0.3 is 17.7 Å². The minimum Gasteiger partial charge on any atom is -0.748 e. The van der Waals surface area contributed by atoms with Gasteiger partial charge in [0.05, 0.1) is 62.4 Å². The van der Waals surface area contributed by atoms with E-state index in [9.17, 15) is 18.0 Å². The molecule has 0 saturated heterocycles. The molecule has 236 valence electrons. The van der Waals surface area contributed by atoms with Crippen molar-refractivity contribution in [3.63, 3.8) is 0 Å². The van der Waals surface area contributed by atoms with Crippen LogP contribution in [0, 0.1) is 0 Å². The van der Waals surface area contributed by atoms with Crippen LogP contribution in [-0.2, 0) is 33.5 Å². The van der Waals surface area contributed by atoms with E-state index in [1.165, 1.54) is 22.4 Å². The first kappa shape index (κ1) is 33.9. The van der Waals surface area contributed by atoms with E-state index in [1.54, 1.807) is 49.8 Å². The molecule has 0 saturated carbocycles. The van der Waals surface area contributed by atoms with Crippen molar-refractivity contribution in [2.75, 3.05) is 25.4 Å². The summed E-state index contributed by atoms with van der Waals surface area (Å²) in [4.78, 5) is 23.0. The van der Waals surface area contributed by atoms with Gasteiger partial charge < -0.3 is 13.8 Å². The molecule has 14 nitrogen and oxygen atoms in total. The number of ether oxygens (including phenoxy) is 1. The molecule has 0 unspecified atom stereocenters. The van der Waals surface area contributed by atoms with Crippen molar-refractivity contribution in [1.82, 2.24) is 14.1 Å². The van der Waals surface area contributed by atoms with E-state index < -0.39 is 37.8 Å². The van der Waals surface area contributed by atoms with E-state index in [0.29, 0.717) is 57.1 Å². The standard InChI is InChI=1S/C23H17F3N6O2.2CH4O3S/c1-31-18-11-28-17-5-3-12(13-8-16(23(24,25)26)21(27)30-9-13)7-15(17)20(18)32(22(31)33)14-4-6-19(34-2)29-10-14;2*1-5(2,3)4/h3-11H,1-2H3,(H2,27,30);2*1H3,(H,2,3,4). The normalized spacial score (nSPS) is 11.8. The number of aromatic amines is 2. The Kier molecular flexibility index (Phi) is 9.68. The van der Waals surface area contributed by atoms with E-state index in [1.807, 2.05) is 0 Å². The van der Waals surface area contributed by atoms with Crippen molar-refractivity contribution in [2.24, 2.45) is 7.05 Å². The Hall–Kier alpha value is -4.59. The first-order valence-corrected chi connectivity index (χ1v) is 15.6. The number of nitrogens with two attached hydrogens (primary N) is 1. The van der Waals surface area contributed by atoms with E-state index in [2.05, 4.69) is 15.0 Å². The second kappa shape index (κ2) is 12.6. The summed E-state index contributed by atoms with van der Waals surface area (Å²) in [6.07, 6.45) is 1.25. The molecule has 4 heterocycles. The van der Waals surface area contributed by atoms with Gasteiger partial charge in [-0.3, -0.25) is 19.9 Å². The highest BCUT2D eigenvalue weighted by Crippen LogP contribution is 2.35. The second-order valence-electron chi connectivity index (χ2n) is 9.14. The summed E-state index contributed by atoms with van der Waals surface area (Å²) in [6.45, 7) is 0. The zero-order chi connectivity index (χ0) is 33.2. The number of imidazole rings is 1. The summed E-state index contributed by atoms with van der Waals surface area (Å²) >= 11 is 0. The van der Waals surface area contributed by atoms with Gasteiger partial charge in [-0.2, -0.15) is 18.2 Å². The number of rotatable bonds is 3. The number of nitrogen functional groups attached to an aromatic ring is 1. The Morgan fingerprint density at radius 2 is 1.57 bits per heavy atom. The molecule has 0 fully saturated rings. The number of nitrogens with one attached hydrogen (secondary N) is 2. The van der Waals surface area contributed by atoms with Gasteiger partial charge in [0.15, 0.2) is 6.20 Å². The third kappa shape index (κ3) is 8.49. The minimum absolute atomic E-state index is 0.294. The van der Waals surface area contributed by atoms with E-state index in [-0.39, 0.29) is 5.69 Å². The summed E-state index contributed by atoms with van der Waals surface area (Å²) in [5, 5.41) is 0.605. The van der Waals surface area contributed by atoms with Crippen molar-refractivity contribution in [3.8, 4) is 22.7 Å². The topological polar surface area (TPSA) is 218 Å². The fourth-order valence-corrected chi connectivity index (χ4v) is 3.99. The number of anilines is 1. The Bertz CT molecular complexity index is 2070. The first-order chi connectivity index (χ1) is 20.2. The van der Waals surface area contributed by atoms with E-state index in [4.69, 9.17) is 36.4 Å². The number of pyridine rings is 3. The van der Waals surface area contributed by atoms with Crippen LogP contribution in [0.2, 0.25) is 0 Å². The van der Waals surface area contributed by atoms with Crippen LogP contribution in [0.15, 0.2) is 59.8 Å². The number of aromatic nitrogens is 5. The van der Waals surface area contributed by atoms with Crippen molar-refractivity contribution in [2.45, 2.75) is 6.18 Å². The summed E-state index contributed by atoms with van der Waals surface area (Å²) < 4.78 is 103. The van der Waals surface area contributed by atoms with Crippen LogP contribution >= 0.6 is 0 Å². The first-order valence-electron chi connectivity index (χ1n) is 12.0. The zero-order valence-electron chi connectivity index (χ0n) is 23.3. The van der Waals surface area contributed by atoms with Gasteiger partial charge in [0.25, 0.3) is 5.82 Å². The number of fused-ring (bicyclic) bond motifs is 3. The maximum absolute atomic E-state index is 13.4. The van der Waals surface area contributed by atoms with Gasteiger partial charge in [-0.1, -0.05) is 6.07 Å². The predicted octanol–water partition coefficient (Wildman–Crippen LogP) is 1.11. The Balaban J connectivity index is 0.000000461. The summed E-state index contributed by atoms with van der Waals surface area (Å²) in [6, 6.07) is 9.52. The lowest BCUT2D eigenvalue weighted by atomic mass is 10.0. The number of nitrogens with zero attached hydrogens (tertiary/aromatic N) is 3. The molecule has 0 aliphatic rings. The van der Waals surface area contributed by atoms with Crippen molar-refractivity contribution < 1.29 is 53.8 Å². The molecular formula is C25H25F3N6O8S2. The average Bonchev–Trinajstić information content (AvgIpc) is 3.16. The van der Waals surface area contributed by atoms with E-state index in [0.717, 1.165) is 6.07 Å². The molecule has 0 amide bonds. The van der Waals surface area contributed by atoms with Crippen LogP contribution in [-0.4, -0.2) is 59.7 Å². The lowest BCUT2D eigenvalue weighted by molar-refractivity contribution is -0.392. The number of hydrogen-bond acceptors (Lipinski definition) is 10. The molecule has 19 heteroatoms.